The van der Waals surface area contributed by atoms with E-state index in [1.54, 1.807) is 0 Å². The molecule has 0 atom stereocenters. The number of benzene rings is 19. The maximum Gasteiger partial charge on any atom is 0.164 e. The summed E-state index contributed by atoms with van der Waals surface area (Å²) < 4.78 is 5.29. The van der Waals surface area contributed by atoms with Crippen LogP contribution in [-0.2, 0) is 10.8 Å². The molecule has 0 aliphatic heterocycles. The quantitative estimate of drug-likeness (QED) is 0.102. The minimum absolute atomic E-state index is 0.525. The summed E-state index contributed by atoms with van der Waals surface area (Å²) in [6.07, 6.45) is 0. The van der Waals surface area contributed by atoms with Gasteiger partial charge in [0.15, 0.2) is 34.9 Å². The lowest BCUT2D eigenvalue weighted by Crippen LogP contribution is -2.28. The van der Waals surface area contributed by atoms with Gasteiger partial charge >= 0.3 is 0 Å². The van der Waals surface area contributed by atoms with E-state index in [0.717, 1.165) is 61.2 Å². The maximum absolute atomic E-state index is 5.30. The second-order valence-corrected chi connectivity index (χ2v) is 35.5. The molecule has 4 heterocycles. The van der Waals surface area contributed by atoms with E-state index < -0.39 is 10.8 Å². The minimum Gasteiger partial charge on any atom is -0.208 e. The van der Waals surface area contributed by atoms with Gasteiger partial charge in [0.25, 0.3) is 0 Å². The van der Waals surface area contributed by atoms with Crippen molar-refractivity contribution in [3.63, 3.8) is 0 Å². The van der Waals surface area contributed by atoms with E-state index in [2.05, 4.69) is 449 Å². The molecular formula is C122H78N6S2. The highest BCUT2D eigenvalue weighted by Gasteiger charge is 2.48. The molecule has 0 spiro atoms. The Bertz CT molecular complexity index is 8130. The van der Waals surface area contributed by atoms with Crippen LogP contribution >= 0.6 is 22.7 Å². The molecular weight excluding hydrogens is 1610 g/mol. The van der Waals surface area contributed by atoms with Gasteiger partial charge in [0, 0.05) is 73.7 Å². The van der Waals surface area contributed by atoms with Crippen molar-refractivity contribution in [1.29, 1.82) is 0 Å². The SMILES string of the molecule is c1ccc(-c2ccc(-c3nc(-c4ccc(-c5ccc(-c6cccc7c6sc6ccccc67)cc5)cc4)nc(-c4ccc5c(c4)C(c4ccccc4)(c4ccccc4)c4ccccc4-5)n3)cc2)cc1.c1ccc(-c2nc(-c3ccc(-c4ccc(-c5cccc6c5sc5ccccc56)cc4)cc3)nc(-c3ccc4c(c3)C(c3ccccc3)(c3ccccc3)c3ccccc3-4)n2)cc1. The van der Waals surface area contributed by atoms with Crippen molar-refractivity contribution in [1.82, 2.24) is 29.9 Å². The smallest absolute Gasteiger partial charge is 0.164 e. The van der Waals surface area contributed by atoms with Crippen LogP contribution in [0.4, 0.5) is 0 Å². The molecule has 0 amide bonds. The van der Waals surface area contributed by atoms with E-state index in [1.807, 2.05) is 46.9 Å². The molecule has 0 N–H and O–H groups in total. The number of aromatic nitrogens is 6. The molecule has 25 rings (SSSR count). The fourth-order valence-corrected chi connectivity index (χ4v) is 22.5. The van der Waals surface area contributed by atoms with Gasteiger partial charge in [0.2, 0.25) is 0 Å². The van der Waals surface area contributed by atoms with Gasteiger partial charge < -0.3 is 0 Å². The zero-order valence-electron chi connectivity index (χ0n) is 70.5. The number of nitrogens with zero attached hydrogens (tertiary/aromatic N) is 6. The van der Waals surface area contributed by atoms with E-state index in [-0.39, 0.29) is 0 Å². The lowest BCUT2D eigenvalue weighted by Gasteiger charge is -2.34. The van der Waals surface area contributed by atoms with Gasteiger partial charge in [0.1, 0.15) is 0 Å². The van der Waals surface area contributed by atoms with Gasteiger partial charge in [-0.15, -0.1) is 22.7 Å². The molecule has 0 unspecified atom stereocenters. The first-order chi connectivity index (χ1) is 64.4. The van der Waals surface area contributed by atoms with Crippen molar-refractivity contribution < 1.29 is 0 Å². The topological polar surface area (TPSA) is 77.3 Å². The van der Waals surface area contributed by atoms with Crippen LogP contribution in [0.1, 0.15) is 44.5 Å². The third-order valence-corrected chi connectivity index (χ3v) is 28.6. The Labute approximate surface area is 762 Å². The van der Waals surface area contributed by atoms with Gasteiger partial charge in [-0.2, -0.15) is 0 Å². The van der Waals surface area contributed by atoms with Crippen molar-refractivity contribution in [3.05, 3.63) is 518 Å². The van der Waals surface area contributed by atoms with E-state index >= 15 is 0 Å². The molecule has 6 nitrogen and oxygen atoms in total. The summed E-state index contributed by atoms with van der Waals surface area (Å²) in [4.78, 5) is 31.3. The normalized spacial score (nSPS) is 12.6. The van der Waals surface area contributed by atoms with Crippen molar-refractivity contribution in [2.75, 3.05) is 0 Å². The third-order valence-electron chi connectivity index (χ3n) is 26.1. The van der Waals surface area contributed by atoms with Gasteiger partial charge in [-0.1, -0.05) is 449 Å². The monoisotopic (exact) mass is 1690 g/mol. The Morgan fingerprint density at radius 2 is 0.369 bits per heavy atom. The van der Waals surface area contributed by atoms with Gasteiger partial charge in [0.05, 0.1) is 10.8 Å². The van der Waals surface area contributed by atoms with E-state index in [4.69, 9.17) is 29.9 Å². The van der Waals surface area contributed by atoms with Crippen molar-refractivity contribution >= 4 is 63.0 Å². The third kappa shape index (κ3) is 13.4. The fourth-order valence-electron chi connectivity index (χ4n) is 20.0. The van der Waals surface area contributed by atoms with Crippen LogP contribution in [-0.4, -0.2) is 29.9 Å². The molecule has 0 bridgehead atoms. The van der Waals surface area contributed by atoms with Crippen LogP contribution in [0.3, 0.4) is 0 Å². The van der Waals surface area contributed by atoms with Gasteiger partial charge in [-0.25, -0.2) is 29.9 Å². The summed E-state index contributed by atoms with van der Waals surface area (Å²) in [7, 11) is 0. The molecule has 2 aliphatic rings. The fraction of sp³-hybridized carbons (Fsp3) is 0.0164. The molecule has 19 aromatic carbocycles. The molecule has 2 aliphatic carbocycles. The standard InChI is InChI=1S/C64H41N3S.C58H37N3S/c1-4-15-42(16-5-1)43-29-35-47(36-30-43)61-65-62(48-37-31-45(32-38-48)44-27-33-46(34-28-44)52-23-14-24-56-55-22-11-13-26-59(55)68-60(52)56)67-63(66-61)49-39-40-54-53-21-10-12-25-57(53)64(58(54)41-49,50-17-6-2-7-18-50)51-19-8-3-9-20-51;1-4-15-41(16-5-1)55-59-56(42-33-29-39(30-34-42)38-27-31-40(32-28-38)46-23-14-24-50-49-22-11-13-26-53(49)62-54(46)50)61-57(60-55)43-35-36-48-47-21-10-12-25-51(47)58(52(48)37-43,44-17-6-2-7-18-44)45-19-8-3-9-20-45/h1-41H;1-37H. The lowest BCUT2D eigenvalue weighted by atomic mass is 9.67. The number of hydrogen-bond donors (Lipinski definition) is 0. The van der Waals surface area contributed by atoms with Crippen LogP contribution in [0.25, 0.3) is 187 Å². The van der Waals surface area contributed by atoms with E-state index in [0.29, 0.717) is 34.9 Å². The predicted molar refractivity (Wildman–Crippen MR) is 540 cm³/mol. The lowest BCUT2D eigenvalue weighted by molar-refractivity contribution is 0.768. The second kappa shape index (κ2) is 32.6. The molecule has 0 fully saturated rings. The molecule has 0 saturated heterocycles. The highest BCUT2D eigenvalue weighted by Crippen LogP contribution is 2.59. The summed E-state index contributed by atoms with van der Waals surface area (Å²) in [6.45, 7) is 0. The summed E-state index contributed by atoms with van der Waals surface area (Å²) in [5.41, 5.74) is 31.1. The first-order valence-electron chi connectivity index (χ1n) is 44.1. The van der Waals surface area contributed by atoms with Crippen molar-refractivity contribution in [2.24, 2.45) is 0 Å². The predicted octanol–water partition coefficient (Wildman–Crippen LogP) is 31.5. The van der Waals surface area contributed by atoms with E-state index in [9.17, 15) is 0 Å². The molecule has 8 heteroatoms. The van der Waals surface area contributed by atoms with Crippen LogP contribution < -0.4 is 0 Å². The maximum atomic E-state index is 5.30. The molecule has 130 heavy (non-hydrogen) atoms. The summed E-state index contributed by atoms with van der Waals surface area (Å²) >= 11 is 3.73. The number of fused-ring (bicyclic) bond motifs is 12. The Hall–Kier alpha value is -16.4. The summed E-state index contributed by atoms with van der Waals surface area (Å²) in [6, 6.07) is 170. The highest BCUT2D eigenvalue weighted by atomic mass is 32.1. The number of hydrogen-bond acceptors (Lipinski definition) is 8. The molecule has 4 aromatic heterocycles. The van der Waals surface area contributed by atoms with E-state index in [1.165, 1.54) is 135 Å². The zero-order valence-corrected chi connectivity index (χ0v) is 72.2. The molecule has 0 radical (unpaired) electrons. The Morgan fingerprint density at radius 1 is 0.146 bits per heavy atom. The van der Waals surface area contributed by atoms with Crippen LogP contribution in [0.2, 0.25) is 0 Å². The van der Waals surface area contributed by atoms with Gasteiger partial charge in [-0.3, -0.25) is 0 Å². The van der Waals surface area contributed by atoms with Crippen LogP contribution in [0, 0.1) is 0 Å². The second-order valence-electron chi connectivity index (χ2n) is 33.4. The Kier molecular flexibility index (Phi) is 19.3. The number of rotatable bonds is 15. The average molecular weight is 1690 g/mol. The highest BCUT2D eigenvalue weighted by molar-refractivity contribution is 7.26. The first-order valence-corrected chi connectivity index (χ1v) is 45.7. The van der Waals surface area contributed by atoms with Crippen LogP contribution in [0.5, 0.6) is 0 Å². The van der Waals surface area contributed by atoms with Crippen molar-refractivity contribution in [2.45, 2.75) is 10.8 Å². The largest absolute Gasteiger partial charge is 0.208 e. The van der Waals surface area contributed by atoms with Crippen molar-refractivity contribution in [3.8, 4) is 146 Å². The average Bonchev–Trinajstić information content (AvgIpc) is 1.53. The minimum atomic E-state index is -0.545. The van der Waals surface area contributed by atoms with Gasteiger partial charge in [-0.05, 0) is 147 Å². The molecule has 23 aromatic rings. The number of thiophene rings is 2. The Balaban J connectivity index is 0.000000145. The van der Waals surface area contributed by atoms with Crippen LogP contribution in [0.15, 0.2) is 473 Å². The summed E-state index contributed by atoms with van der Waals surface area (Å²) in [5, 5.41) is 5.26. The molecule has 608 valence electrons. The zero-order chi connectivity index (χ0) is 86.1. The molecule has 0 saturated carbocycles. The Morgan fingerprint density at radius 3 is 0.708 bits per heavy atom. The first kappa shape index (κ1) is 77.2. The summed E-state index contributed by atoms with van der Waals surface area (Å²) in [5.74, 6) is 3.78.